The molecule has 6 bridgehead atoms. The molecule has 3 atom stereocenters. The Balaban J connectivity index is 1.95. The molecule has 0 amide bonds. The maximum absolute atomic E-state index is 2.56. The lowest BCUT2D eigenvalue weighted by molar-refractivity contribution is 0.363. The molecule has 0 N–H and O–H groups in total. The molecule has 0 nitrogen and oxygen atoms in total. The van der Waals surface area contributed by atoms with Crippen LogP contribution in [-0.4, -0.2) is 0 Å². The molecule has 0 aromatic carbocycles. The molecule has 1 fully saturated rings. The molecule has 0 spiro atoms. The summed E-state index contributed by atoms with van der Waals surface area (Å²) in [4.78, 5) is 0. The summed E-state index contributed by atoms with van der Waals surface area (Å²) in [6, 6.07) is 0. The Hall–Kier alpha value is -1.30. The van der Waals surface area contributed by atoms with Crippen molar-refractivity contribution in [3.8, 4) is 0 Å². The van der Waals surface area contributed by atoms with Gasteiger partial charge in [-0.2, -0.15) is 0 Å². The molecule has 7 rings (SSSR count). The summed E-state index contributed by atoms with van der Waals surface area (Å²) in [6.45, 7) is 0. The summed E-state index contributed by atoms with van der Waals surface area (Å²) in [5, 5.41) is 0. The highest BCUT2D eigenvalue weighted by molar-refractivity contribution is 5.92. The Bertz CT molecular complexity index is 609. The second-order valence-electron chi connectivity index (χ2n) is 5.37. The zero-order valence-electron chi connectivity index (χ0n) is 7.67. The predicted molar refractivity (Wildman–Crippen MR) is 53.4 cm³/mol. The Morgan fingerprint density at radius 2 is 2.14 bits per heavy atom. The van der Waals surface area contributed by atoms with Gasteiger partial charge in [0.05, 0.1) is 0 Å². The first-order valence-corrected chi connectivity index (χ1v) is 5.58. The molecule has 0 radical (unpaired) electrons. The van der Waals surface area contributed by atoms with E-state index in [9.17, 15) is 0 Å². The van der Waals surface area contributed by atoms with Gasteiger partial charge in [-0.1, -0.05) is 12.2 Å². The average Bonchev–Trinajstić information content (AvgIpc) is 2.72. The topological polar surface area (TPSA) is 0 Å². The first-order valence-electron chi connectivity index (χ1n) is 5.58. The smallest absolute Gasteiger partial charge is 0.0180 e. The van der Waals surface area contributed by atoms with Gasteiger partial charge in [0.2, 0.25) is 0 Å². The molecule has 0 aromatic heterocycles. The second kappa shape index (κ2) is 1.25. The van der Waals surface area contributed by atoms with Gasteiger partial charge in [0.1, 0.15) is 0 Å². The summed E-state index contributed by atoms with van der Waals surface area (Å²) in [6.07, 6.45) is 8.88. The van der Waals surface area contributed by atoms with Gasteiger partial charge in [-0.15, -0.1) is 0 Å². The SMILES string of the molecule is C1=C2C3=C4C2=C2C5=CC(CC5C42)C1=C3. The molecule has 3 unspecified atom stereocenters. The van der Waals surface area contributed by atoms with E-state index in [0.29, 0.717) is 0 Å². The van der Waals surface area contributed by atoms with Crippen LogP contribution in [0.15, 0.2) is 57.2 Å². The standard InChI is InChI=1S/C14H8/c1-5-2-8-7(1)11-12(8)14-10-4-6(5)3-9(10)13(11)14/h1-3,6,10,14H,4H2. The van der Waals surface area contributed by atoms with E-state index in [1.807, 2.05) is 0 Å². The van der Waals surface area contributed by atoms with Crippen molar-refractivity contribution in [3.05, 3.63) is 57.2 Å². The van der Waals surface area contributed by atoms with Gasteiger partial charge in [0.15, 0.2) is 0 Å². The maximum Gasteiger partial charge on any atom is 0.0180 e. The van der Waals surface area contributed by atoms with Crippen molar-refractivity contribution in [2.24, 2.45) is 17.8 Å². The van der Waals surface area contributed by atoms with Crippen molar-refractivity contribution in [2.45, 2.75) is 6.42 Å². The second-order valence-corrected chi connectivity index (χ2v) is 5.37. The number of hydrogen-bond donors (Lipinski definition) is 0. The Morgan fingerprint density at radius 3 is 3.14 bits per heavy atom. The molecule has 7 aliphatic rings. The quantitative estimate of drug-likeness (QED) is 0.532. The molecule has 0 saturated heterocycles. The fourth-order valence-electron chi connectivity index (χ4n) is 4.50. The van der Waals surface area contributed by atoms with Gasteiger partial charge < -0.3 is 0 Å². The minimum atomic E-state index is 0.767. The molecule has 0 aromatic rings. The first-order chi connectivity index (χ1) is 6.93. The van der Waals surface area contributed by atoms with Crippen molar-refractivity contribution in [1.29, 1.82) is 0 Å². The summed E-state index contributed by atoms with van der Waals surface area (Å²) >= 11 is 0. The molecular weight excluding hydrogens is 168 g/mol. The zero-order chi connectivity index (χ0) is 8.60. The zero-order valence-corrected chi connectivity index (χ0v) is 7.67. The minimum Gasteiger partial charge on any atom is -0.0731 e. The van der Waals surface area contributed by atoms with Gasteiger partial charge in [-0.3, -0.25) is 0 Å². The molecule has 0 aliphatic heterocycles. The van der Waals surface area contributed by atoms with E-state index in [1.165, 1.54) is 6.42 Å². The van der Waals surface area contributed by atoms with Crippen LogP contribution < -0.4 is 0 Å². The molecule has 14 heavy (non-hydrogen) atoms. The maximum atomic E-state index is 2.56. The number of rotatable bonds is 0. The predicted octanol–water partition coefficient (Wildman–Crippen LogP) is 2.68. The van der Waals surface area contributed by atoms with Gasteiger partial charge in [0, 0.05) is 11.8 Å². The van der Waals surface area contributed by atoms with Crippen molar-refractivity contribution in [3.63, 3.8) is 0 Å². The monoisotopic (exact) mass is 176 g/mol. The minimum absolute atomic E-state index is 0.767. The van der Waals surface area contributed by atoms with Crippen LogP contribution >= 0.6 is 0 Å². The van der Waals surface area contributed by atoms with Crippen LogP contribution in [-0.2, 0) is 0 Å². The lowest BCUT2D eigenvalue weighted by atomic mass is 9.46. The summed E-state index contributed by atoms with van der Waals surface area (Å²) in [7, 11) is 0. The third-order valence-electron chi connectivity index (χ3n) is 5.06. The normalized spacial score (nSPS) is 46.3. The van der Waals surface area contributed by atoms with Crippen LogP contribution in [0.4, 0.5) is 0 Å². The van der Waals surface area contributed by atoms with Crippen LogP contribution in [0.3, 0.4) is 0 Å². The average molecular weight is 176 g/mol. The van der Waals surface area contributed by atoms with E-state index >= 15 is 0 Å². The highest BCUT2D eigenvalue weighted by Crippen LogP contribution is 2.74. The third-order valence-corrected chi connectivity index (χ3v) is 5.06. The summed E-state index contributed by atoms with van der Waals surface area (Å²) in [5.41, 5.74) is 11.7. The third kappa shape index (κ3) is 0.292. The van der Waals surface area contributed by atoms with Gasteiger partial charge in [-0.05, 0) is 57.4 Å². The Kier molecular flexibility index (Phi) is 0.497. The van der Waals surface area contributed by atoms with Gasteiger partial charge in [-0.25, -0.2) is 0 Å². The van der Waals surface area contributed by atoms with Crippen molar-refractivity contribution in [1.82, 2.24) is 0 Å². The molecule has 0 heteroatoms. The fourth-order valence-corrected chi connectivity index (χ4v) is 4.50. The summed E-state index contributed by atoms with van der Waals surface area (Å²) < 4.78 is 0. The fraction of sp³-hybridized carbons (Fsp3) is 0.286. The highest BCUT2D eigenvalue weighted by Gasteiger charge is 2.62. The molecule has 0 heterocycles. The van der Waals surface area contributed by atoms with Gasteiger partial charge in [0.25, 0.3) is 0 Å². The Labute approximate surface area is 82.0 Å². The summed E-state index contributed by atoms with van der Waals surface area (Å²) in [5.74, 6) is 2.59. The Morgan fingerprint density at radius 1 is 1.14 bits per heavy atom. The lowest BCUT2D eigenvalue weighted by Gasteiger charge is -2.57. The molecule has 1 saturated carbocycles. The van der Waals surface area contributed by atoms with E-state index in [2.05, 4.69) is 18.2 Å². The first kappa shape index (κ1) is 5.55. The van der Waals surface area contributed by atoms with Crippen LogP contribution in [0.1, 0.15) is 6.42 Å². The molecule has 64 valence electrons. The molecular formula is C14H8. The van der Waals surface area contributed by atoms with E-state index in [4.69, 9.17) is 0 Å². The van der Waals surface area contributed by atoms with Crippen LogP contribution in [0.2, 0.25) is 0 Å². The van der Waals surface area contributed by atoms with Crippen LogP contribution in [0.25, 0.3) is 0 Å². The van der Waals surface area contributed by atoms with E-state index in [-0.39, 0.29) is 0 Å². The van der Waals surface area contributed by atoms with E-state index in [1.54, 1.807) is 39.0 Å². The van der Waals surface area contributed by atoms with Crippen LogP contribution in [0, 0.1) is 17.8 Å². The molecule has 7 aliphatic carbocycles. The van der Waals surface area contributed by atoms with E-state index in [0.717, 1.165) is 17.8 Å². The number of hydrogen-bond acceptors (Lipinski definition) is 0. The van der Waals surface area contributed by atoms with Crippen molar-refractivity contribution in [2.75, 3.05) is 0 Å². The van der Waals surface area contributed by atoms with Crippen molar-refractivity contribution < 1.29 is 0 Å². The van der Waals surface area contributed by atoms with Gasteiger partial charge >= 0.3 is 0 Å². The lowest BCUT2D eigenvalue weighted by Crippen LogP contribution is -2.45. The van der Waals surface area contributed by atoms with Crippen LogP contribution in [0.5, 0.6) is 0 Å². The van der Waals surface area contributed by atoms with E-state index < -0.39 is 0 Å². The largest absolute Gasteiger partial charge is 0.0731 e. The highest BCUT2D eigenvalue weighted by atomic mass is 14.6. The van der Waals surface area contributed by atoms with Crippen molar-refractivity contribution >= 4 is 0 Å². The number of allylic oxidation sites excluding steroid dienone is 10.